The first-order valence-electron chi connectivity index (χ1n) is 9.90. The molecule has 0 bridgehead atoms. The fourth-order valence-corrected chi connectivity index (χ4v) is 3.23. The van der Waals surface area contributed by atoms with Crippen LogP contribution in [0.25, 0.3) is 22.0 Å². The lowest BCUT2D eigenvalue weighted by molar-refractivity contribution is 0.0379. The summed E-state index contributed by atoms with van der Waals surface area (Å²) in [6.45, 7) is 8.47. The number of carbonyl (C=O) groups is 3. The highest BCUT2D eigenvalue weighted by Gasteiger charge is 2.29. The summed E-state index contributed by atoms with van der Waals surface area (Å²) in [6, 6.07) is 14.1. The molecular weight excluding hydrogens is 398 g/mol. The molecule has 0 saturated carbocycles. The summed E-state index contributed by atoms with van der Waals surface area (Å²) in [4.78, 5) is 37.8. The number of fused-ring (bicyclic) bond motifs is 1. The Morgan fingerprint density at radius 1 is 0.968 bits per heavy atom. The summed E-state index contributed by atoms with van der Waals surface area (Å²) in [6.07, 6.45) is -1.28. The van der Waals surface area contributed by atoms with Crippen LogP contribution in [0.5, 0.6) is 0 Å². The normalized spacial score (nSPS) is 11.5. The Balaban J connectivity index is 2.34. The lowest BCUT2D eigenvalue weighted by Crippen LogP contribution is -2.29. The minimum Gasteiger partial charge on any atom is -0.477 e. The van der Waals surface area contributed by atoms with Crippen molar-refractivity contribution in [3.8, 4) is 11.1 Å². The third-order valence-electron chi connectivity index (χ3n) is 4.36. The van der Waals surface area contributed by atoms with E-state index < -0.39 is 29.7 Å². The average Bonchev–Trinajstić information content (AvgIpc) is 3.06. The molecule has 7 heteroatoms. The van der Waals surface area contributed by atoms with Crippen molar-refractivity contribution < 1.29 is 29.0 Å². The minimum absolute atomic E-state index is 0.0865. The lowest BCUT2D eigenvalue weighted by Gasteiger charge is -2.21. The molecule has 0 aliphatic rings. The molecule has 0 unspecified atom stereocenters. The van der Waals surface area contributed by atoms with E-state index in [9.17, 15) is 19.5 Å². The highest BCUT2D eigenvalue weighted by molar-refractivity contribution is 6.11. The van der Waals surface area contributed by atoms with Crippen LogP contribution in [0.4, 0.5) is 4.79 Å². The van der Waals surface area contributed by atoms with Gasteiger partial charge in [0.1, 0.15) is 11.3 Å². The number of benzene rings is 2. The van der Waals surface area contributed by atoms with Gasteiger partial charge < -0.3 is 14.6 Å². The van der Waals surface area contributed by atoms with Gasteiger partial charge in [-0.2, -0.15) is 0 Å². The Labute approximate surface area is 180 Å². The second-order valence-corrected chi connectivity index (χ2v) is 8.43. The number of ether oxygens (including phenoxy) is 2. The smallest absolute Gasteiger partial charge is 0.419 e. The molecule has 0 radical (unpaired) electrons. The van der Waals surface area contributed by atoms with Crippen LogP contribution in [0, 0.1) is 0 Å². The van der Waals surface area contributed by atoms with Crippen molar-refractivity contribution in [3.63, 3.8) is 0 Å². The first-order chi connectivity index (χ1) is 14.5. The Morgan fingerprint density at radius 2 is 1.61 bits per heavy atom. The van der Waals surface area contributed by atoms with E-state index in [1.54, 1.807) is 46.8 Å². The topological polar surface area (TPSA) is 94.8 Å². The predicted octanol–water partition coefficient (Wildman–Crippen LogP) is 5.35. The van der Waals surface area contributed by atoms with Gasteiger partial charge in [0, 0.05) is 5.39 Å². The predicted molar refractivity (Wildman–Crippen MR) is 117 cm³/mol. The number of aromatic nitrogens is 1. The van der Waals surface area contributed by atoms with Crippen LogP contribution in [-0.4, -0.2) is 39.4 Å². The van der Waals surface area contributed by atoms with Crippen molar-refractivity contribution in [3.05, 3.63) is 59.8 Å². The molecule has 0 saturated heterocycles. The zero-order valence-electron chi connectivity index (χ0n) is 18.1. The number of carboxylic acid groups (broad SMARTS) is 1. The molecule has 162 valence electrons. The Kier molecular flexibility index (Phi) is 5.88. The van der Waals surface area contributed by atoms with Gasteiger partial charge in [-0.25, -0.2) is 19.0 Å². The fraction of sp³-hybridized carbons (Fsp3) is 0.292. The number of carboxylic acids is 1. The monoisotopic (exact) mass is 423 g/mol. The van der Waals surface area contributed by atoms with Crippen LogP contribution in [0.1, 0.15) is 55.5 Å². The molecule has 3 rings (SSSR count). The number of nitrogens with zero attached hydrogens (tertiary/aromatic N) is 1. The molecule has 0 aliphatic heterocycles. The van der Waals surface area contributed by atoms with Gasteiger partial charge in [0.15, 0.2) is 0 Å². The van der Waals surface area contributed by atoms with Crippen LogP contribution in [0.15, 0.2) is 48.5 Å². The van der Waals surface area contributed by atoms with E-state index in [4.69, 9.17) is 9.47 Å². The summed E-state index contributed by atoms with van der Waals surface area (Å²) < 4.78 is 11.7. The van der Waals surface area contributed by atoms with Crippen LogP contribution in [0.2, 0.25) is 0 Å². The molecule has 0 aliphatic carbocycles. The molecule has 0 amide bonds. The average molecular weight is 423 g/mol. The van der Waals surface area contributed by atoms with Gasteiger partial charge in [0.05, 0.1) is 17.2 Å². The highest BCUT2D eigenvalue weighted by atomic mass is 16.6. The number of esters is 1. The van der Waals surface area contributed by atoms with E-state index in [0.29, 0.717) is 10.9 Å². The Hall–Kier alpha value is -3.61. The summed E-state index contributed by atoms with van der Waals surface area (Å²) in [5.74, 6) is -1.97. The molecule has 3 aromatic rings. The van der Waals surface area contributed by atoms with Crippen molar-refractivity contribution in [2.75, 3.05) is 0 Å². The second kappa shape index (κ2) is 8.26. The fourth-order valence-electron chi connectivity index (χ4n) is 3.23. The molecule has 0 spiro atoms. The van der Waals surface area contributed by atoms with E-state index in [-0.39, 0.29) is 16.8 Å². The van der Waals surface area contributed by atoms with Crippen LogP contribution in [0.3, 0.4) is 0 Å². The third-order valence-corrected chi connectivity index (χ3v) is 4.36. The molecule has 2 aromatic carbocycles. The lowest BCUT2D eigenvalue weighted by atomic mass is 10.0. The first kappa shape index (κ1) is 22.1. The SMILES string of the molecule is CC(C)OC(=O)c1cc(-c2ccccc2)cc2cc(C(=O)O)n(C(=O)OC(C)(C)C)c12. The van der Waals surface area contributed by atoms with Gasteiger partial charge >= 0.3 is 18.0 Å². The van der Waals surface area contributed by atoms with Gasteiger partial charge in [-0.1, -0.05) is 30.3 Å². The summed E-state index contributed by atoms with van der Waals surface area (Å²) >= 11 is 0. The largest absolute Gasteiger partial charge is 0.477 e. The van der Waals surface area contributed by atoms with E-state index in [2.05, 4.69) is 0 Å². The zero-order chi connectivity index (χ0) is 22.9. The molecule has 1 heterocycles. The van der Waals surface area contributed by atoms with E-state index in [0.717, 1.165) is 10.1 Å². The molecule has 7 nitrogen and oxygen atoms in total. The van der Waals surface area contributed by atoms with Gasteiger partial charge in [-0.05, 0) is 63.9 Å². The van der Waals surface area contributed by atoms with Gasteiger partial charge in [0.2, 0.25) is 0 Å². The standard InChI is InChI=1S/C24H25NO6/c1-14(2)30-22(28)18-12-16(15-9-7-6-8-10-15)11-17-13-19(21(26)27)25(20(17)18)23(29)31-24(3,4)5/h6-14H,1-5H3,(H,26,27). The van der Waals surface area contributed by atoms with Crippen molar-refractivity contribution in [1.82, 2.24) is 4.57 Å². The van der Waals surface area contributed by atoms with Crippen LogP contribution >= 0.6 is 0 Å². The van der Waals surface area contributed by atoms with Gasteiger partial charge in [0.25, 0.3) is 0 Å². The zero-order valence-corrected chi connectivity index (χ0v) is 18.1. The summed E-state index contributed by atoms with van der Waals surface area (Å²) in [5, 5.41) is 10.1. The second-order valence-electron chi connectivity index (χ2n) is 8.43. The minimum atomic E-state index is -1.31. The van der Waals surface area contributed by atoms with E-state index in [1.807, 2.05) is 30.3 Å². The van der Waals surface area contributed by atoms with Crippen LogP contribution < -0.4 is 0 Å². The maximum Gasteiger partial charge on any atom is 0.419 e. The van der Waals surface area contributed by atoms with E-state index >= 15 is 0 Å². The molecule has 0 atom stereocenters. The number of hydrogen-bond acceptors (Lipinski definition) is 5. The first-order valence-corrected chi connectivity index (χ1v) is 9.90. The molecule has 0 fully saturated rings. The van der Waals surface area contributed by atoms with Crippen molar-refractivity contribution in [1.29, 1.82) is 0 Å². The maximum atomic E-state index is 13.0. The number of rotatable bonds is 4. The Morgan fingerprint density at radius 3 is 2.16 bits per heavy atom. The molecule has 1 N–H and O–H groups in total. The summed E-state index contributed by atoms with van der Waals surface area (Å²) in [7, 11) is 0. The van der Waals surface area contributed by atoms with Gasteiger partial charge in [-0.15, -0.1) is 0 Å². The number of aromatic carboxylic acids is 1. The third kappa shape index (κ3) is 4.77. The summed E-state index contributed by atoms with van der Waals surface area (Å²) in [5.41, 5.74) is 0.604. The van der Waals surface area contributed by atoms with Gasteiger partial charge in [-0.3, -0.25) is 0 Å². The van der Waals surface area contributed by atoms with Crippen LogP contribution in [-0.2, 0) is 9.47 Å². The van der Waals surface area contributed by atoms with Crippen molar-refractivity contribution >= 4 is 28.9 Å². The molecular formula is C24H25NO6. The highest BCUT2D eigenvalue weighted by Crippen LogP contribution is 2.32. The number of carbonyl (C=O) groups excluding carboxylic acids is 2. The number of hydrogen-bond donors (Lipinski definition) is 1. The molecule has 31 heavy (non-hydrogen) atoms. The van der Waals surface area contributed by atoms with Crippen molar-refractivity contribution in [2.45, 2.75) is 46.3 Å². The molecule has 1 aromatic heterocycles. The Bertz CT molecular complexity index is 1150. The van der Waals surface area contributed by atoms with E-state index in [1.165, 1.54) is 6.07 Å². The maximum absolute atomic E-state index is 13.0. The van der Waals surface area contributed by atoms with Crippen molar-refractivity contribution in [2.24, 2.45) is 0 Å². The quantitative estimate of drug-likeness (QED) is 0.568.